The molecule has 14 heteroatoms. The predicted octanol–water partition coefficient (Wildman–Crippen LogP) is 5.08. The summed E-state index contributed by atoms with van der Waals surface area (Å²) in [6, 6.07) is 14.7. The standard InChI is InChI=1S/C42H51N11O3/c1-28-23-34(7-8-36(28)53-17-12-38(54)48-42(53)55)50-14-9-30(10-15-50)26-49-18-20-51(21-19-49)33-5-3-32(4-6-33)46-41-45-24-31-11-16-52(27-35(31)47-41)37-25-44-40-39(29(37)2)43-13-22-56-40/h3-8,23-25,30,43H,9-22,26-27H2,1-2H3,(H,45,46,47)(H,48,54,55). The van der Waals surface area contributed by atoms with Crippen molar-refractivity contribution in [1.82, 2.24) is 25.2 Å². The Labute approximate surface area is 328 Å². The van der Waals surface area contributed by atoms with Crippen LogP contribution in [0.1, 0.15) is 41.6 Å². The Bertz CT molecular complexity index is 2090. The van der Waals surface area contributed by atoms with Gasteiger partial charge in [-0.25, -0.2) is 19.7 Å². The van der Waals surface area contributed by atoms with Gasteiger partial charge in [0.2, 0.25) is 17.7 Å². The van der Waals surface area contributed by atoms with Crippen LogP contribution in [0.15, 0.2) is 54.9 Å². The van der Waals surface area contributed by atoms with E-state index in [2.05, 4.69) is 88.8 Å². The maximum atomic E-state index is 12.4. The molecule has 292 valence electrons. The van der Waals surface area contributed by atoms with E-state index >= 15 is 0 Å². The van der Waals surface area contributed by atoms with Gasteiger partial charge in [-0.15, -0.1) is 0 Å². The van der Waals surface area contributed by atoms with Crippen LogP contribution in [-0.4, -0.2) is 104 Å². The highest BCUT2D eigenvalue weighted by molar-refractivity contribution is 6.06. The van der Waals surface area contributed by atoms with Gasteiger partial charge in [-0.3, -0.25) is 19.9 Å². The molecule has 3 amide bonds. The predicted molar refractivity (Wildman–Crippen MR) is 220 cm³/mol. The molecule has 0 unspecified atom stereocenters. The van der Waals surface area contributed by atoms with Gasteiger partial charge in [0.25, 0.3) is 0 Å². The summed E-state index contributed by atoms with van der Waals surface area (Å²) < 4.78 is 5.74. The number of ether oxygens (including phenoxy) is 1. The molecule has 7 heterocycles. The Balaban J connectivity index is 0.737. The summed E-state index contributed by atoms with van der Waals surface area (Å²) in [5.74, 6) is 1.79. The number of urea groups is 1. The van der Waals surface area contributed by atoms with Gasteiger partial charge in [0, 0.05) is 106 Å². The van der Waals surface area contributed by atoms with E-state index in [1.54, 1.807) is 4.90 Å². The molecule has 2 aromatic carbocycles. The molecule has 4 aromatic rings. The molecule has 0 atom stereocenters. The Morgan fingerprint density at radius 1 is 0.821 bits per heavy atom. The fourth-order valence-electron chi connectivity index (χ4n) is 8.84. The van der Waals surface area contributed by atoms with Crippen molar-refractivity contribution < 1.29 is 14.3 Å². The van der Waals surface area contributed by atoms with Crippen LogP contribution < -0.4 is 40.3 Å². The zero-order valence-corrected chi connectivity index (χ0v) is 32.4. The van der Waals surface area contributed by atoms with Crippen molar-refractivity contribution >= 4 is 52.0 Å². The van der Waals surface area contributed by atoms with Crippen LogP contribution in [0.4, 0.5) is 44.9 Å². The molecule has 2 aromatic heterocycles. The maximum absolute atomic E-state index is 12.4. The molecule has 0 saturated carbocycles. The van der Waals surface area contributed by atoms with E-state index in [0.717, 1.165) is 105 Å². The largest absolute Gasteiger partial charge is 0.474 e. The van der Waals surface area contributed by atoms with Crippen LogP contribution in [0.3, 0.4) is 0 Å². The quantitative estimate of drug-likeness (QED) is 0.221. The molecule has 5 aliphatic rings. The van der Waals surface area contributed by atoms with Crippen molar-refractivity contribution in [3.05, 3.63) is 77.2 Å². The van der Waals surface area contributed by atoms with Gasteiger partial charge in [0.15, 0.2) is 0 Å². The molecule has 5 aliphatic heterocycles. The van der Waals surface area contributed by atoms with Crippen molar-refractivity contribution in [2.75, 3.05) is 102 Å². The number of benzene rings is 2. The molecule has 0 bridgehead atoms. The van der Waals surface area contributed by atoms with E-state index in [-0.39, 0.29) is 11.9 Å². The number of rotatable bonds is 8. The summed E-state index contributed by atoms with van der Waals surface area (Å²) >= 11 is 0. The van der Waals surface area contributed by atoms with Crippen LogP contribution in [-0.2, 0) is 17.8 Å². The van der Waals surface area contributed by atoms with Gasteiger partial charge >= 0.3 is 6.03 Å². The molecular weight excluding hydrogens is 707 g/mol. The van der Waals surface area contributed by atoms with Crippen LogP contribution in [0.5, 0.6) is 5.88 Å². The van der Waals surface area contributed by atoms with E-state index < -0.39 is 0 Å². The Morgan fingerprint density at radius 3 is 2.39 bits per heavy atom. The molecule has 3 fully saturated rings. The number of carbonyl (C=O) groups excluding carboxylic acids is 2. The average molecular weight is 758 g/mol. The highest BCUT2D eigenvalue weighted by Crippen LogP contribution is 2.36. The van der Waals surface area contributed by atoms with Gasteiger partial charge in [-0.2, -0.15) is 0 Å². The number of amides is 3. The van der Waals surface area contributed by atoms with Gasteiger partial charge in [0.05, 0.1) is 24.1 Å². The number of imide groups is 1. The van der Waals surface area contributed by atoms with E-state index in [9.17, 15) is 9.59 Å². The first-order valence-electron chi connectivity index (χ1n) is 20.1. The highest BCUT2D eigenvalue weighted by Gasteiger charge is 2.28. The smallest absolute Gasteiger partial charge is 0.328 e. The minimum atomic E-state index is -0.334. The number of hydrogen-bond acceptors (Lipinski definition) is 12. The van der Waals surface area contributed by atoms with Crippen molar-refractivity contribution in [3.63, 3.8) is 0 Å². The topological polar surface area (TPSA) is 134 Å². The number of aryl methyl sites for hydroxylation is 1. The molecule has 9 rings (SSSR count). The number of anilines is 7. The number of piperidine rings is 1. The fourth-order valence-corrected chi connectivity index (χ4v) is 8.84. The zero-order chi connectivity index (χ0) is 38.2. The molecular formula is C42H51N11O3. The lowest BCUT2D eigenvalue weighted by molar-refractivity contribution is -0.120. The lowest BCUT2D eigenvalue weighted by atomic mass is 9.95. The molecule has 0 radical (unpaired) electrons. The second kappa shape index (κ2) is 15.5. The summed E-state index contributed by atoms with van der Waals surface area (Å²) in [5.41, 5.74) is 10.9. The van der Waals surface area contributed by atoms with Gasteiger partial charge < -0.3 is 30.1 Å². The van der Waals surface area contributed by atoms with Crippen molar-refractivity contribution in [1.29, 1.82) is 0 Å². The van der Waals surface area contributed by atoms with Crippen LogP contribution in [0.25, 0.3) is 0 Å². The van der Waals surface area contributed by atoms with Crippen LogP contribution >= 0.6 is 0 Å². The Hall–Kier alpha value is -5.63. The molecule has 0 spiro atoms. The monoisotopic (exact) mass is 757 g/mol. The molecule has 14 nitrogen and oxygen atoms in total. The second-order valence-electron chi connectivity index (χ2n) is 15.7. The third kappa shape index (κ3) is 7.49. The number of aromatic nitrogens is 3. The molecule has 56 heavy (non-hydrogen) atoms. The Kier molecular flexibility index (Phi) is 9.96. The number of fused-ring (bicyclic) bond motifs is 2. The number of nitrogens with zero attached hydrogens (tertiary/aromatic N) is 8. The minimum absolute atomic E-state index is 0.208. The van der Waals surface area contributed by atoms with E-state index in [1.165, 1.54) is 29.8 Å². The third-order valence-corrected chi connectivity index (χ3v) is 12.1. The summed E-state index contributed by atoms with van der Waals surface area (Å²) in [6.07, 6.45) is 7.47. The number of hydrogen-bond donors (Lipinski definition) is 3. The highest BCUT2D eigenvalue weighted by atomic mass is 16.5. The number of carbonyl (C=O) groups is 2. The van der Waals surface area contributed by atoms with Crippen LogP contribution in [0, 0.1) is 19.8 Å². The zero-order valence-electron chi connectivity index (χ0n) is 32.4. The maximum Gasteiger partial charge on any atom is 0.328 e. The minimum Gasteiger partial charge on any atom is -0.474 e. The fraction of sp³-hybridized carbons (Fsp3) is 0.452. The molecule has 3 N–H and O–H groups in total. The van der Waals surface area contributed by atoms with Gasteiger partial charge in [0.1, 0.15) is 12.3 Å². The summed E-state index contributed by atoms with van der Waals surface area (Å²) in [7, 11) is 0. The molecule has 3 saturated heterocycles. The number of pyridine rings is 1. The van der Waals surface area contributed by atoms with Crippen molar-refractivity contribution in [2.45, 2.75) is 46.1 Å². The lowest BCUT2D eigenvalue weighted by Gasteiger charge is -2.40. The summed E-state index contributed by atoms with van der Waals surface area (Å²) in [4.78, 5) is 49.8. The van der Waals surface area contributed by atoms with Crippen molar-refractivity contribution in [3.8, 4) is 5.88 Å². The van der Waals surface area contributed by atoms with E-state index in [4.69, 9.17) is 9.72 Å². The number of piperazine rings is 1. The van der Waals surface area contributed by atoms with Gasteiger partial charge in [-0.05, 0) is 92.6 Å². The first-order chi connectivity index (χ1) is 27.3. The lowest BCUT2D eigenvalue weighted by Crippen LogP contribution is -2.49. The third-order valence-electron chi connectivity index (χ3n) is 12.1. The SMILES string of the molecule is Cc1cc(N2CCC(CN3CCN(c4ccc(Nc5ncc6c(n5)CN(c5cnc7c(c5C)NCCO7)CC6)cc4)CC3)CC2)ccc1N1CCC(=O)NC1=O. The summed E-state index contributed by atoms with van der Waals surface area (Å²) in [6.45, 7) is 15.0. The number of nitrogens with one attached hydrogen (secondary N) is 3. The second-order valence-corrected chi connectivity index (χ2v) is 15.7. The van der Waals surface area contributed by atoms with E-state index in [0.29, 0.717) is 43.9 Å². The van der Waals surface area contributed by atoms with Crippen LogP contribution in [0.2, 0.25) is 0 Å². The normalized spacial score (nSPS) is 19.2. The first kappa shape index (κ1) is 36.0. The van der Waals surface area contributed by atoms with E-state index in [1.807, 2.05) is 25.4 Å². The Morgan fingerprint density at radius 2 is 1.61 bits per heavy atom. The molecule has 0 aliphatic carbocycles. The summed E-state index contributed by atoms with van der Waals surface area (Å²) in [5, 5.41) is 9.32. The first-order valence-corrected chi connectivity index (χ1v) is 20.1. The van der Waals surface area contributed by atoms with Crippen molar-refractivity contribution in [2.24, 2.45) is 5.92 Å². The van der Waals surface area contributed by atoms with Gasteiger partial charge in [-0.1, -0.05) is 0 Å². The average Bonchev–Trinajstić information content (AvgIpc) is 3.22.